The van der Waals surface area contributed by atoms with Gasteiger partial charge in [0.1, 0.15) is 5.78 Å². The third kappa shape index (κ3) is 4.93. The third-order valence-corrected chi connectivity index (χ3v) is 1.63. The summed E-state index contributed by atoms with van der Waals surface area (Å²) in [5.41, 5.74) is 0. The van der Waals surface area contributed by atoms with Crippen molar-refractivity contribution in [2.45, 2.75) is 19.9 Å². The van der Waals surface area contributed by atoms with Gasteiger partial charge in [-0.15, -0.1) is 0 Å². The van der Waals surface area contributed by atoms with Gasteiger partial charge in [0.05, 0.1) is 13.2 Å². The van der Waals surface area contributed by atoms with Crippen molar-refractivity contribution in [3.05, 3.63) is 0 Å². The number of ketones is 1. The Morgan fingerprint density at radius 3 is 2.55 bits per heavy atom. The van der Waals surface area contributed by atoms with Crippen LogP contribution in [0.3, 0.4) is 0 Å². The van der Waals surface area contributed by atoms with Crippen molar-refractivity contribution >= 4 is 5.78 Å². The minimum atomic E-state index is 0.190. The lowest BCUT2D eigenvalue weighted by atomic mass is 10.3. The summed E-state index contributed by atoms with van der Waals surface area (Å²) in [5, 5.41) is 0. The number of ether oxygens (including phenoxy) is 1. The van der Waals surface area contributed by atoms with Gasteiger partial charge >= 0.3 is 0 Å². The molecular weight excluding hydrogens is 142 g/mol. The van der Waals surface area contributed by atoms with E-state index in [1.807, 2.05) is 18.9 Å². The summed E-state index contributed by atoms with van der Waals surface area (Å²) in [4.78, 5) is 12.7. The fourth-order valence-corrected chi connectivity index (χ4v) is 0.875. The van der Waals surface area contributed by atoms with Crippen LogP contribution in [0.5, 0.6) is 0 Å². The number of Topliss-reactive ketones (excluding diaryl/α,β-unsaturated/α-hetero) is 1. The largest absolute Gasteiger partial charge is 0.383 e. The van der Waals surface area contributed by atoms with Crippen molar-refractivity contribution in [3.8, 4) is 0 Å². The molecule has 3 nitrogen and oxygen atoms in total. The molecule has 0 fully saturated rings. The quantitative estimate of drug-likeness (QED) is 0.586. The fourth-order valence-electron chi connectivity index (χ4n) is 0.875. The Morgan fingerprint density at radius 2 is 2.18 bits per heavy atom. The van der Waals surface area contributed by atoms with Gasteiger partial charge in [-0.3, -0.25) is 9.69 Å². The van der Waals surface area contributed by atoms with E-state index in [4.69, 9.17) is 4.74 Å². The van der Waals surface area contributed by atoms with E-state index in [9.17, 15) is 4.79 Å². The van der Waals surface area contributed by atoms with Crippen LogP contribution in [0.4, 0.5) is 0 Å². The summed E-state index contributed by atoms with van der Waals surface area (Å²) >= 11 is 0. The van der Waals surface area contributed by atoms with Crippen LogP contribution in [0.15, 0.2) is 0 Å². The highest BCUT2D eigenvalue weighted by molar-refractivity contribution is 5.77. The summed E-state index contributed by atoms with van der Waals surface area (Å²) in [7, 11) is 3.59. The first-order chi connectivity index (χ1) is 5.07. The van der Waals surface area contributed by atoms with E-state index in [-0.39, 0.29) is 5.78 Å². The molecule has 0 heterocycles. The Bertz CT molecular complexity index is 125. The minimum Gasteiger partial charge on any atom is -0.383 e. The molecule has 0 amide bonds. The van der Waals surface area contributed by atoms with E-state index in [0.717, 1.165) is 0 Å². The van der Waals surface area contributed by atoms with Gasteiger partial charge in [0.15, 0.2) is 0 Å². The average Bonchev–Trinajstić information content (AvgIpc) is 1.86. The highest BCUT2D eigenvalue weighted by atomic mass is 16.5. The smallest absolute Gasteiger partial charge is 0.143 e. The molecule has 11 heavy (non-hydrogen) atoms. The van der Waals surface area contributed by atoms with Crippen LogP contribution in [0.2, 0.25) is 0 Å². The molecule has 0 saturated heterocycles. The number of carbonyl (C=O) groups is 1. The monoisotopic (exact) mass is 159 g/mol. The van der Waals surface area contributed by atoms with E-state index >= 15 is 0 Å². The maximum absolute atomic E-state index is 10.7. The average molecular weight is 159 g/mol. The van der Waals surface area contributed by atoms with Gasteiger partial charge < -0.3 is 4.74 Å². The van der Waals surface area contributed by atoms with Gasteiger partial charge in [0.2, 0.25) is 0 Å². The topological polar surface area (TPSA) is 29.5 Å². The standard InChI is InChI=1S/C8H17NO2/c1-7(6-11-4)9(3)5-8(2)10/h7H,5-6H2,1-4H3/t7-/m0/s1. The SMILES string of the molecule is COC[C@H](C)N(C)CC(C)=O. The van der Waals surface area contributed by atoms with E-state index in [0.29, 0.717) is 19.2 Å². The summed E-state index contributed by atoms with van der Waals surface area (Å²) in [6, 6.07) is 0.309. The van der Waals surface area contributed by atoms with Crippen molar-refractivity contribution < 1.29 is 9.53 Å². The summed E-state index contributed by atoms with van der Waals surface area (Å²) < 4.78 is 4.95. The number of rotatable bonds is 5. The summed E-state index contributed by atoms with van der Waals surface area (Å²) in [6.45, 7) is 4.80. The zero-order valence-corrected chi connectivity index (χ0v) is 7.76. The molecule has 0 aliphatic heterocycles. The summed E-state index contributed by atoms with van der Waals surface area (Å²) in [5.74, 6) is 0.190. The van der Waals surface area contributed by atoms with E-state index < -0.39 is 0 Å². The van der Waals surface area contributed by atoms with Gasteiger partial charge in [-0.1, -0.05) is 0 Å². The molecule has 0 aliphatic rings. The highest BCUT2D eigenvalue weighted by Crippen LogP contribution is 1.94. The second kappa shape index (κ2) is 5.27. The second-order valence-electron chi connectivity index (χ2n) is 2.92. The normalized spacial score (nSPS) is 13.5. The number of carbonyl (C=O) groups excluding carboxylic acids is 1. The molecule has 0 spiro atoms. The van der Waals surface area contributed by atoms with Gasteiger partial charge in [0.25, 0.3) is 0 Å². The molecular formula is C8H17NO2. The van der Waals surface area contributed by atoms with Gasteiger partial charge in [-0.25, -0.2) is 0 Å². The van der Waals surface area contributed by atoms with Crippen LogP contribution in [-0.4, -0.2) is 44.0 Å². The number of hydrogen-bond acceptors (Lipinski definition) is 3. The van der Waals surface area contributed by atoms with Crippen LogP contribution in [0.1, 0.15) is 13.8 Å². The second-order valence-corrected chi connectivity index (χ2v) is 2.92. The Kier molecular flexibility index (Phi) is 5.07. The zero-order chi connectivity index (χ0) is 8.85. The first-order valence-electron chi connectivity index (χ1n) is 3.76. The van der Waals surface area contributed by atoms with Crippen LogP contribution >= 0.6 is 0 Å². The third-order valence-electron chi connectivity index (χ3n) is 1.63. The van der Waals surface area contributed by atoms with Gasteiger partial charge in [-0.2, -0.15) is 0 Å². The molecule has 0 aromatic rings. The Morgan fingerprint density at radius 1 is 1.64 bits per heavy atom. The molecule has 66 valence electrons. The highest BCUT2D eigenvalue weighted by Gasteiger charge is 2.09. The lowest BCUT2D eigenvalue weighted by Gasteiger charge is -2.22. The molecule has 0 radical (unpaired) electrons. The van der Waals surface area contributed by atoms with Gasteiger partial charge in [0, 0.05) is 13.2 Å². The first kappa shape index (κ1) is 10.6. The number of methoxy groups -OCH3 is 1. The number of likely N-dealkylation sites (N-methyl/N-ethyl adjacent to an activating group) is 1. The molecule has 0 rings (SSSR count). The number of nitrogens with zero attached hydrogens (tertiary/aromatic N) is 1. The van der Waals surface area contributed by atoms with E-state index in [2.05, 4.69) is 0 Å². The molecule has 1 atom stereocenters. The predicted molar refractivity (Wildman–Crippen MR) is 44.6 cm³/mol. The van der Waals surface area contributed by atoms with Crippen molar-refractivity contribution in [1.82, 2.24) is 4.90 Å². The predicted octanol–water partition coefficient (Wildman–Crippen LogP) is 0.542. The van der Waals surface area contributed by atoms with Crippen LogP contribution < -0.4 is 0 Å². The van der Waals surface area contributed by atoms with Crippen molar-refractivity contribution in [3.63, 3.8) is 0 Å². The van der Waals surface area contributed by atoms with Crippen molar-refractivity contribution in [2.24, 2.45) is 0 Å². The molecule has 0 bridgehead atoms. The van der Waals surface area contributed by atoms with Gasteiger partial charge in [-0.05, 0) is 20.9 Å². The first-order valence-corrected chi connectivity index (χ1v) is 3.76. The fraction of sp³-hybridized carbons (Fsp3) is 0.875. The molecule has 0 saturated carbocycles. The van der Waals surface area contributed by atoms with Crippen LogP contribution in [0.25, 0.3) is 0 Å². The van der Waals surface area contributed by atoms with Crippen molar-refractivity contribution in [2.75, 3.05) is 27.3 Å². The van der Waals surface area contributed by atoms with E-state index in [1.54, 1.807) is 14.0 Å². The Labute approximate surface area is 68.3 Å². The lowest BCUT2D eigenvalue weighted by molar-refractivity contribution is -0.118. The maximum Gasteiger partial charge on any atom is 0.143 e. The Balaban J connectivity index is 3.63. The molecule has 0 aromatic heterocycles. The van der Waals surface area contributed by atoms with Crippen LogP contribution in [0, 0.1) is 0 Å². The van der Waals surface area contributed by atoms with Crippen LogP contribution in [-0.2, 0) is 9.53 Å². The molecule has 0 unspecified atom stereocenters. The Hall–Kier alpha value is -0.410. The molecule has 3 heteroatoms. The number of hydrogen-bond donors (Lipinski definition) is 0. The zero-order valence-electron chi connectivity index (χ0n) is 7.76. The van der Waals surface area contributed by atoms with E-state index in [1.165, 1.54) is 0 Å². The minimum absolute atomic E-state index is 0.190. The summed E-state index contributed by atoms with van der Waals surface area (Å²) in [6.07, 6.45) is 0. The molecule has 0 aliphatic carbocycles. The maximum atomic E-state index is 10.7. The van der Waals surface area contributed by atoms with Crippen molar-refractivity contribution in [1.29, 1.82) is 0 Å². The lowest BCUT2D eigenvalue weighted by Crippen LogP contribution is -2.35. The molecule has 0 N–H and O–H groups in total. The molecule has 0 aromatic carbocycles.